The van der Waals surface area contributed by atoms with Crippen LogP contribution in [0.3, 0.4) is 0 Å². The van der Waals surface area contributed by atoms with Gasteiger partial charge in [-0.25, -0.2) is 8.42 Å². The van der Waals surface area contributed by atoms with E-state index in [0.717, 1.165) is 19.3 Å². The van der Waals surface area contributed by atoms with Crippen molar-refractivity contribution in [1.29, 1.82) is 0 Å². The lowest BCUT2D eigenvalue weighted by atomic mass is 9.87. The predicted octanol–water partition coefficient (Wildman–Crippen LogP) is 2.61. The molecular weight excluding hydrogens is 442 g/mol. The van der Waals surface area contributed by atoms with Crippen LogP contribution in [0, 0.1) is 5.92 Å². The van der Waals surface area contributed by atoms with Gasteiger partial charge in [0.1, 0.15) is 5.75 Å². The molecule has 5 rings (SSSR count). The quantitative estimate of drug-likeness (QED) is 0.716. The fourth-order valence-corrected chi connectivity index (χ4v) is 6.42. The van der Waals surface area contributed by atoms with E-state index in [1.54, 1.807) is 6.07 Å². The molecule has 1 saturated heterocycles. The summed E-state index contributed by atoms with van der Waals surface area (Å²) in [5.41, 5.74) is 2.84. The summed E-state index contributed by atoms with van der Waals surface area (Å²) in [6.07, 6.45) is 3.96. The van der Waals surface area contributed by atoms with Crippen LogP contribution in [0.1, 0.15) is 42.9 Å². The molecule has 0 unspecified atom stereocenters. The van der Waals surface area contributed by atoms with Crippen molar-refractivity contribution in [2.24, 2.45) is 5.92 Å². The molecular formula is C24H27N3O5S. The van der Waals surface area contributed by atoms with E-state index in [0.29, 0.717) is 24.3 Å². The molecule has 0 bridgehead atoms. The van der Waals surface area contributed by atoms with Crippen LogP contribution in [0.4, 0.5) is 5.69 Å². The molecule has 3 aliphatic rings. The largest absolute Gasteiger partial charge is 0.482 e. The molecule has 0 saturated carbocycles. The molecule has 2 N–H and O–H groups in total. The third-order valence-electron chi connectivity index (χ3n) is 6.73. The Kier molecular flexibility index (Phi) is 5.84. The lowest BCUT2D eigenvalue weighted by Gasteiger charge is -2.33. The number of anilines is 1. The SMILES string of the molecule is O=C1COc2ccc(S(=O)(=O)N3CCC(C(=O)N[C@@H]4CCCc5ccccc54)CC3)cc2N1. The van der Waals surface area contributed by atoms with E-state index in [4.69, 9.17) is 4.74 Å². The molecule has 0 aromatic heterocycles. The van der Waals surface area contributed by atoms with Gasteiger partial charge in [0.05, 0.1) is 16.6 Å². The third-order valence-corrected chi connectivity index (χ3v) is 8.63. The number of nitrogens with zero attached hydrogens (tertiary/aromatic N) is 1. The highest BCUT2D eigenvalue weighted by Crippen LogP contribution is 2.33. The van der Waals surface area contributed by atoms with Crippen molar-refractivity contribution in [2.75, 3.05) is 25.0 Å². The number of hydrogen-bond donors (Lipinski definition) is 2. The van der Waals surface area contributed by atoms with Crippen LogP contribution in [0.25, 0.3) is 0 Å². The van der Waals surface area contributed by atoms with Crippen LogP contribution in [-0.4, -0.2) is 44.2 Å². The fourth-order valence-electron chi connectivity index (χ4n) is 4.92. The number of sulfonamides is 1. The van der Waals surface area contributed by atoms with Crippen LogP contribution in [-0.2, 0) is 26.0 Å². The van der Waals surface area contributed by atoms with Gasteiger partial charge < -0.3 is 15.4 Å². The summed E-state index contributed by atoms with van der Waals surface area (Å²) >= 11 is 0. The first-order valence-corrected chi connectivity index (χ1v) is 12.8. The number of amides is 2. The van der Waals surface area contributed by atoms with Gasteiger partial charge in [-0.3, -0.25) is 9.59 Å². The van der Waals surface area contributed by atoms with Crippen LogP contribution >= 0.6 is 0 Å². The molecule has 2 aromatic rings. The van der Waals surface area contributed by atoms with E-state index >= 15 is 0 Å². The van der Waals surface area contributed by atoms with Gasteiger partial charge in [0.25, 0.3) is 5.91 Å². The molecule has 9 heteroatoms. The van der Waals surface area contributed by atoms with Crippen molar-refractivity contribution < 1.29 is 22.7 Å². The molecule has 2 heterocycles. The first-order chi connectivity index (χ1) is 15.9. The molecule has 1 aliphatic carbocycles. The fraction of sp³-hybridized carbons (Fsp3) is 0.417. The number of ether oxygens (including phenoxy) is 1. The Balaban J connectivity index is 1.22. The zero-order valence-electron chi connectivity index (χ0n) is 18.2. The molecule has 0 radical (unpaired) electrons. The van der Waals surface area contributed by atoms with Gasteiger partial charge in [-0.2, -0.15) is 4.31 Å². The first kappa shape index (κ1) is 21.9. The summed E-state index contributed by atoms with van der Waals surface area (Å²) in [5.74, 6) is -0.0677. The molecule has 174 valence electrons. The predicted molar refractivity (Wildman–Crippen MR) is 122 cm³/mol. The van der Waals surface area contributed by atoms with E-state index in [1.807, 2.05) is 12.1 Å². The number of fused-ring (bicyclic) bond motifs is 2. The van der Waals surface area contributed by atoms with E-state index in [1.165, 1.54) is 27.6 Å². The smallest absolute Gasteiger partial charge is 0.262 e. The summed E-state index contributed by atoms with van der Waals surface area (Å²) in [6.45, 7) is 0.477. The zero-order chi connectivity index (χ0) is 23.0. The Morgan fingerprint density at radius 2 is 1.88 bits per heavy atom. The minimum absolute atomic E-state index is 0.00222. The second-order valence-electron chi connectivity index (χ2n) is 8.83. The van der Waals surface area contributed by atoms with Crippen molar-refractivity contribution in [3.8, 4) is 5.75 Å². The Labute approximate surface area is 193 Å². The van der Waals surface area contributed by atoms with Crippen LogP contribution < -0.4 is 15.4 Å². The number of piperidine rings is 1. The number of benzene rings is 2. The average molecular weight is 470 g/mol. The van der Waals surface area contributed by atoms with Gasteiger partial charge in [-0.05, 0) is 61.4 Å². The van der Waals surface area contributed by atoms with Crippen molar-refractivity contribution in [1.82, 2.24) is 9.62 Å². The van der Waals surface area contributed by atoms with Crippen molar-refractivity contribution >= 4 is 27.5 Å². The molecule has 33 heavy (non-hydrogen) atoms. The Morgan fingerprint density at radius 1 is 1.09 bits per heavy atom. The second kappa shape index (κ2) is 8.79. The van der Waals surface area contributed by atoms with Crippen molar-refractivity contribution in [3.05, 3.63) is 53.6 Å². The summed E-state index contributed by atoms with van der Waals surface area (Å²) in [4.78, 5) is 24.6. The molecule has 2 amide bonds. The molecule has 1 atom stereocenters. The van der Waals surface area contributed by atoms with E-state index in [9.17, 15) is 18.0 Å². The average Bonchev–Trinajstić information content (AvgIpc) is 2.84. The number of aryl methyl sites for hydroxylation is 1. The normalized spacial score (nSPS) is 21.3. The summed E-state index contributed by atoms with van der Waals surface area (Å²) < 4.78 is 33.0. The number of nitrogens with one attached hydrogen (secondary N) is 2. The van der Waals surface area contributed by atoms with Crippen LogP contribution in [0.5, 0.6) is 5.75 Å². The van der Waals surface area contributed by atoms with Gasteiger partial charge in [-0.15, -0.1) is 0 Å². The van der Waals surface area contributed by atoms with Gasteiger partial charge in [0.15, 0.2) is 6.61 Å². The van der Waals surface area contributed by atoms with Crippen LogP contribution in [0.2, 0.25) is 0 Å². The molecule has 2 aromatic carbocycles. The number of rotatable bonds is 4. The number of carbonyl (C=O) groups excluding carboxylic acids is 2. The highest BCUT2D eigenvalue weighted by molar-refractivity contribution is 7.89. The monoisotopic (exact) mass is 469 g/mol. The highest BCUT2D eigenvalue weighted by atomic mass is 32.2. The van der Waals surface area contributed by atoms with E-state index < -0.39 is 10.0 Å². The topological polar surface area (TPSA) is 105 Å². The number of carbonyl (C=O) groups is 2. The summed E-state index contributed by atoms with van der Waals surface area (Å²) in [7, 11) is -3.73. The Hall–Kier alpha value is -2.91. The Morgan fingerprint density at radius 3 is 2.70 bits per heavy atom. The van der Waals surface area contributed by atoms with Crippen molar-refractivity contribution in [3.63, 3.8) is 0 Å². The highest BCUT2D eigenvalue weighted by Gasteiger charge is 2.34. The van der Waals surface area contributed by atoms with Gasteiger partial charge >= 0.3 is 0 Å². The third kappa shape index (κ3) is 4.35. The summed E-state index contributed by atoms with van der Waals surface area (Å²) in [6, 6.07) is 12.7. The van der Waals surface area contributed by atoms with Gasteiger partial charge in [-0.1, -0.05) is 24.3 Å². The van der Waals surface area contributed by atoms with Crippen LogP contribution in [0.15, 0.2) is 47.4 Å². The summed E-state index contributed by atoms with van der Waals surface area (Å²) in [5, 5.41) is 5.85. The standard InChI is InChI=1S/C24H27N3O5S/c28-23-15-32-22-9-8-18(14-21(22)25-23)33(30,31)27-12-10-17(11-13-27)24(29)26-20-7-3-5-16-4-1-2-6-19(16)20/h1-2,4,6,8-9,14,17,20H,3,5,7,10-13,15H2,(H,25,28)(H,26,29)/t20-/m1/s1. The molecule has 8 nitrogen and oxygen atoms in total. The number of hydrogen-bond acceptors (Lipinski definition) is 5. The maximum atomic E-state index is 13.2. The molecule has 1 fully saturated rings. The van der Waals surface area contributed by atoms with Gasteiger partial charge in [0.2, 0.25) is 15.9 Å². The maximum absolute atomic E-state index is 13.2. The zero-order valence-corrected chi connectivity index (χ0v) is 19.1. The molecule has 2 aliphatic heterocycles. The van der Waals surface area contributed by atoms with E-state index in [-0.39, 0.29) is 48.4 Å². The lowest BCUT2D eigenvalue weighted by molar-refractivity contribution is -0.127. The van der Waals surface area contributed by atoms with E-state index in [2.05, 4.69) is 22.8 Å². The minimum atomic E-state index is -3.73. The molecule has 0 spiro atoms. The second-order valence-corrected chi connectivity index (χ2v) is 10.8. The Bertz CT molecular complexity index is 1190. The lowest BCUT2D eigenvalue weighted by Crippen LogP contribution is -2.44. The van der Waals surface area contributed by atoms with Crippen molar-refractivity contribution in [2.45, 2.75) is 43.0 Å². The maximum Gasteiger partial charge on any atom is 0.262 e. The van der Waals surface area contributed by atoms with Gasteiger partial charge in [0, 0.05) is 19.0 Å². The minimum Gasteiger partial charge on any atom is -0.482 e. The first-order valence-electron chi connectivity index (χ1n) is 11.4.